The van der Waals surface area contributed by atoms with Crippen LogP contribution >= 0.6 is 0 Å². The molecule has 1 aromatic heterocycles. The van der Waals surface area contributed by atoms with Gasteiger partial charge >= 0.3 is 0 Å². The molecule has 2 N–H and O–H groups in total. The summed E-state index contributed by atoms with van der Waals surface area (Å²) in [5.74, 6) is -0.390. The molecule has 2 rings (SSSR count). The Balaban J connectivity index is 2.21. The highest BCUT2D eigenvalue weighted by atomic mass is 16.3. The maximum absolute atomic E-state index is 11.9. The Hall–Kier alpha value is -2.87. The van der Waals surface area contributed by atoms with Gasteiger partial charge < -0.3 is 10.4 Å². The largest absolute Gasteiger partial charge is 0.506 e. The van der Waals surface area contributed by atoms with Crippen molar-refractivity contribution in [1.82, 2.24) is 4.98 Å². The highest BCUT2D eigenvalue weighted by molar-refractivity contribution is 6.04. The average molecular weight is 253 g/mol. The lowest BCUT2D eigenvalue weighted by atomic mass is 10.2. The van der Waals surface area contributed by atoms with E-state index in [0.717, 1.165) is 5.56 Å². The van der Waals surface area contributed by atoms with Crippen molar-refractivity contribution < 1.29 is 9.90 Å². The summed E-state index contributed by atoms with van der Waals surface area (Å²) >= 11 is 0. The lowest BCUT2D eigenvalue weighted by Crippen LogP contribution is -2.12. The number of hydrogen-bond acceptors (Lipinski definition) is 4. The minimum absolute atomic E-state index is 0.000513. The van der Waals surface area contributed by atoms with Crippen molar-refractivity contribution in [2.24, 2.45) is 0 Å². The van der Waals surface area contributed by atoms with E-state index in [9.17, 15) is 9.90 Å². The van der Waals surface area contributed by atoms with Gasteiger partial charge in [0.2, 0.25) is 0 Å². The normalized spacial score (nSPS) is 9.68. The zero-order valence-electron chi connectivity index (χ0n) is 10.2. The predicted octanol–water partition coefficient (Wildman–Crippen LogP) is 2.22. The van der Waals surface area contributed by atoms with Gasteiger partial charge in [-0.05, 0) is 36.8 Å². The van der Waals surface area contributed by atoms with Gasteiger partial charge in [0, 0.05) is 6.20 Å². The van der Waals surface area contributed by atoms with Gasteiger partial charge in [0.25, 0.3) is 5.91 Å². The number of carbonyl (C=O) groups is 1. The number of aromatic hydroxyl groups is 1. The fraction of sp³-hybridized carbons (Fsp3) is 0.0714. The van der Waals surface area contributed by atoms with Crippen LogP contribution in [0.1, 0.15) is 21.6 Å². The van der Waals surface area contributed by atoms with E-state index in [2.05, 4.69) is 10.3 Å². The second-order valence-electron chi connectivity index (χ2n) is 4.02. The topological polar surface area (TPSA) is 86.0 Å². The van der Waals surface area contributed by atoms with E-state index in [1.807, 2.05) is 13.0 Å². The molecule has 0 aliphatic carbocycles. The number of rotatable bonds is 2. The number of hydrogen-bond donors (Lipinski definition) is 2. The fourth-order valence-electron chi connectivity index (χ4n) is 1.54. The molecule has 0 atom stereocenters. The number of aryl methyl sites for hydroxylation is 1. The van der Waals surface area contributed by atoms with Crippen LogP contribution in [0.2, 0.25) is 0 Å². The Morgan fingerprint density at radius 2 is 2.16 bits per heavy atom. The Kier molecular flexibility index (Phi) is 3.44. The number of nitrogens with zero attached hydrogens (tertiary/aromatic N) is 2. The highest BCUT2D eigenvalue weighted by Crippen LogP contribution is 2.24. The highest BCUT2D eigenvalue weighted by Gasteiger charge is 2.09. The monoisotopic (exact) mass is 253 g/mol. The molecule has 0 unspecified atom stereocenters. The number of phenols is 1. The van der Waals surface area contributed by atoms with Gasteiger partial charge in [-0.15, -0.1) is 0 Å². The van der Waals surface area contributed by atoms with Crippen molar-refractivity contribution in [2.45, 2.75) is 6.92 Å². The van der Waals surface area contributed by atoms with Gasteiger partial charge in [0.1, 0.15) is 17.5 Å². The molecule has 0 aliphatic heterocycles. The number of amides is 1. The van der Waals surface area contributed by atoms with E-state index < -0.39 is 5.91 Å². The molecule has 2 aromatic rings. The van der Waals surface area contributed by atoms with Gasteiger partial charge in [-0.3, -0.25) is 4.79 Å². The first-order valence-electron chi connectivity index (χ1n) is 5.57. The summed E-state index contributed by atoms with van der Waals surface area (Å²) in [7, 11) is 0. The standard InChI is InChI=1S/C14H11N3O2/c1-9-2-5-13(18)12(6-9)17-14(19)10-3-4-11(7-15)16-8-10/h2-6,8,18H,1H3,(H,17,19). The van der Waals surface area contributed by atoms with E-state index >= 15 is 0 Å². The minimum Gasteiger partial charge on any atom is -0.506 e. The minimum atomic E-state index is -0.391. The number of benzene rings is 1. The van der Waals surface area contributed by atoms with Crippen molar-refractivity contribution in [1.29, 1.82) is 5.26 Å². The van der Waals surface area contributed by atoms with E-state index in [4.69, 9.17) is 5.26 Å². The molecule has 19 heavy (non-hydrogen) atoms. The summed E-state index contributed by atoms with van der Waals surface area (Å²) < 4.78 is 0. The lowest BCUT2D eigenvalue weighted by Gasteiger charge is -2.08. The van der Waals surface area contributed by atoms with Crippen molar-refractivity contribution >= 4 is 11.6 Å². The number of carbonyl (C=O) groups excluding carboxylic acids is 1. The maximum Gasteiger partial charge on any atom is 0.257 e. The Morgan fingerprint density at radius 3 is 2.79 bits per heavy atom. The number of nitriles is 1. The third-order valence-electron chi connectivity index (χ3n) is 2.54. The molecule has 5 nitrogen and oxygen atoms in total. The fourth-order valence-corrected chi connectivity index (χ4v) is 1.54. The van der Waals surface area contributed by atoms with Crippen LogP contribution < -0.4 is 5.32 Å². The lowest BCUT2D eigenvalue weighted by molar-refractivity contribution is 0.102. The van der Waals surface area contributed by atoms with Crippen molar-refractivity contribution in [2.75, 3.05) is 5.32 Å². The SMILES string of the molecule is Cc1ccc(O)c(NC(=O)c2ccc(C#N)nc2)c1. The number of anilines is 1. The summed E-state index contributed by atoms with van der Waals surface area (Å²) in [6, 6.07) is 9.78. The van der Waals surface area contributed by atoms with Gasteiger partial charge in [0.05, 0.1) is 11.3 Å². The van der Waals surface area contributed by atoms with Crippen LogP contribution in [0.15, 0.2) is 36.5 Å². The quantitative estimate of drug-likeness (QED) is 0.803. The van der Waals surface area contributed by atoms with Crippen LogP contribution in [0.5, 0.6) is 5.75 Å². The van der Waals surface area contributed by atoms with Gasteiger partial charge in [0.15, 0.2) is 0 Å². The third kappa shape index (κ3) is 2.87. The number of nitrogens with one attached hydrogen (secondary N) is 1. The van der Waals surface area contributed by atoms with Crippen LogP contribution in [0.25, 0.3) is 0 Å². The number of phenolic OH excluding ortho intramolecular Hbond substituents is 1. The summed E-state index contributed by atoms with van der Waals surface area (Å²) in [6.45, 7) is 1.86. The average Bonchev–Trinajstić information content (AvgIpc) is 2.43. The number of pyridine rings is 1. The Morgan fingerprint density at radius 1 is 1.37 bits per heavy atom. The van der Waals surface area contributed by atoms with Crippen LogP contribution in [0, 0.1) is 18.3 Å². The summed E-state index contributed by atoms with van der Waals surface area (Å²) in [5, 5.41) is 20.9. The van der Waals surface area contributed by atoms with E-state index in [1.165, 1.54) is 24.4 Å². The molecule has 0 bridgehead atoms. The Bertz CT molecular complexity index is 657. The second kappa shape index (κ2) is 5.19. The molecule has 5 heteroatoms. The molecule has 0 fully saturated rings. The van der Waals surface area contributed by atoms with Crippen molar-refractivity contribution in [3.63, 3.8) is 0 Å². The predicted molar refractivity (Wildman–Crippen MR) is 69.7 cm³/mol. The maximum atomic E-state index is 11.9. The zero-order chi connectivity index (χ0) is 13.8. The summed E-state index contributed by atoms with van der Waals surface area (Å²) in [5.41, 5.74) is 1.83. The molecule has 94 valence electrons. The molecule has 0 saturated heterocycles. The van der Waals surface area contributed by atoms with Gasteiger partial charge in [-0.2, -0.15) is 5.26 Å². The second-order valence-corrected chi connectivity index (χ2v) is 4.02. The molecular weight excluding hydrogens is 242 g/mol. The van der Waals surface area contributed by atoms with Gasteiger partial charge in [-0.25, -0.2) is 4.98 Å². The number of aromatic nitrogens is 1. The zero-order valence-corrected chi connectivity index (χ0v) is 10.2. The van der Waals surface area contributed by atoms with Crippen LogP contribution in [0.4, 0.5) is 5.69 Å². The first-order valence-corrected chi connectivity index (χ1v) is 5.57. The van der Waals surface area contributed by atoms with E-state index in [-0.39, 0.29) is 11.4 Å². The Labute approximate surface area is 110 Å². The molecule has 1 heterocycles. The molecule has 1 amide bonds. The molecular formula is C14H11N3O2. The summed E-state index contributed by atoms with van der Waals surface area (Å²) in [4.78, 5) is 15.7. The van der Waals surface area contributed by atoms with Crippen LogP contribution in [-0.4, -0.2) is 16.0 Å². The molecule has 0 spiro atoms. The van der Waals surface area contributed by atoms with E-state index in [1.54, 1.807) is 12.1 Å². The first-order chi connectivity index (χ1) is 9.10. The van der Waals surface area contributed by atoms with Crippen LogP contribution in [-0.2, 0) is 0 Å². The van der Waals surface area contributed by atoms with E-state index in [0.29, 0.717) is 11.3 Å². The van der Waals surface area contributed by atoms with Crippen molar-refractivity contribution in [3.8, 4) is 11.8 Å². The van der Waals surface area contributed by atoms with Crippen LogP contribution in [0.3, 0.4) is 0 Å². The summed E-state index contributed by atoms with van der Waals surface area (Å²) in [6.07, 6.45) is 1.32. The third-order valence-corrected chi connectivity index (χ3v) is 2.54. The smallest absolute Gasteiger partial charge is 0.257 e. The molecule has 0 radical (unpaired) electrons. The molecule has 0 saturated carbocycles. The van der Waals surface area contributed by atoms with Gasteiger partial charge in [-0.1, -0.05) is 6.07 Å². The molecule has 0 aliphatic rings. The van der Waals surface area contributed by atoms with Crippen molar-refractivity contribution in [3.05, 3.63) is 53.3 Å². The molecule has 1 aromatic carbocycles. The first kappa shape index (κ1) is 12.6.